The van der Waals surface area contributed by atoms with Crippen LogP contribution in [0.3, 0.4) is 0 Å². The highest BCUT2D eigenvalue weighted by molar-refractivity contribution is 5.68. The summed E-state index contributed by atoms with van der Waals surface area (Å²) >= 11 is 0. The minimum atomic E-state index is 0.340. The summed E-state index contributed by atoms with van der Waals surface area (Å²) in [5, 5.41) is 12.7. The Morgan fingerprint density at radius 3 is 2.61 bits per heavy atom. The minimum Gasteiger partial charge on any atom is -0.497 e. The summed E-state index contributed by atoms with van der Waals surface area (Å²) in [6.45, 7) is 0.898. The lowest BCUT2D eigenvalue weighted by Gasteiger charge is -2.17. The topological polar surface area (TPSA) is 77.2 Å². The van der Waals surface area contributed by atoms with Gasteiger partial charge in [-0.3, -0.25) is 0 Å². The lowest BCUT2D eigenvalue weighted by molar-refractivity contribution is 0.414. The zero-order valence-electron chi connectivity index (χ0n) is 15.2. The van der Waals surface area contributed by atoms with Gasteiger partial charge in [0.1, 0.15) is 5.75 Å². The molecule has 0 bridgehead atoms. The van der Waals surface area contributed by atoms with Crippen molar-refractivity contribution in [3.8, 4) is 28.7 Å². The zero-order valence-corrected chi connectivity index (χ0v) is 15.2. The predicted octanol–water partition coefficient (Wildman–Crippen LogP) is 3.90. The predicted molar refractivity (Wildman–Crippen MR) is 104 cm³/mol. The number of ether oxygens (including phenoxy) is 1. The van der Waals surface area contributed by atoms with Crippen molar-refractivity contribution in [2.24, 2.45) is 0 Å². The second kappa shape index (κ2) is 6.77. The van der Waals surface area contributed by atoms with Crippen LogP contribution in [0.1, 0.15) is 5.56 Å². The number of aromatic nitrogens is 4. The maximum absolute atomic E-state index is 5.37. The third-order valence-corrected chi connectivity index (χ3v) is 4.81. The molecule has 28 heavy (non-hydrogen) atoms. The van der Waals surface area contributed by atoms with Crippen molar-refractivity contribution < 1.29 is 9.26 Å². The molecule has 2 aromatic heterocycles. The molecule has 1 aliphatic heterocycles. The van der Waals surface area contributed by atoms with Gasteiger partial charge in [-0.25, -0.2) is 0 Å². The molecule has 4 aromatic rings. The first-order valence-electron chi connectivity index (χ1n) is 8.99. The molecule has 7 heteroatoms. The fourth-order valence-electron chi connectivity index (χ4n) is 3.34. The van der Waals surface area contributed by atoms with Crippen LogP contribution in [-0.2, 0) is 6.42 Å². The van der Waals surface area contributed by atoms with Gasteiger partial charge in [-0.1, -0.05) is 23.4 Å². The van der Waals surface area contributed by atoms with Crippen molar-refractivity contribution in [1.82, 2.24) is 20.3 Å². The number of para-hydroxylation sites is 1. The molecule has 138 valence electrons. The Bertz CT molecular complexity index is 1110. The van der Waals surface area contributed by atoms with Crippen LogP contribution in [0.5, 0.6) is 5.75 Å². The van der Waals surface area contributed by atoms with Crippen LogP contribution >= 0.6 is 0 Å². The normalized spacial score (nSPS) is 12.8. The molecule has 0 fully saturated rings. The summed E-state index contributed by atoms with van der Waals surface area (Å²) < 4.78 is 10.5. The molecule has 1 aliphatic rings. The van der Waals surface area contributed by atoms with E-state index < -0.39 is 0 Å². The number of benzene rings is 2. The highest BCUT2D eigenvalue weighted by atomic mass is 16.5. The van der Waals surface area contributed by atoms with E-state index in [9.17, 15) is 0 Å². The highest BCUT2D eigenvalue weighted by Crippen LogP contribution is 2.33. The highest BCUT2D eigenvalue weighted by Gasteiger charge is 2.21. The van der Waals surface area contributed by atoms with Gasteiger partial charge in [0.05, 0.1) is 7.11 Å². The number of hydrogen-bond acceptors (Lipinski definition) is 7. The van der Waals surface area contributed by atoms with Gasteiger partial charge >= 0.3 is 0 Å². The molecule has 0 spiro atoms. The number of hydrogen-bond donors (Lipinski definition) is 0. The van der Waals surface area contributed by atoms with Crippen LogP contribution in [0.4, 0.5) is 11.5 Å². The monoisotopic (exact) mass is 371 g/mol. The maximum atomic E-state index is 5.37. The molecular formula is C21H17N5O2. The van der Waals surface area contributed by atoms with Crippen molar-refractivity contribution in [1.29, 1.82) is 0 Å². The lowest BCUT2D eigenvalue weighted by atomic mass is 10.2. The van der Waals surface area contributed by atoms with Crippen molar-refractivity contribution in [2.45, 2.75) is 6.42 Å². The summed E-state index contributed by atoms with van der Waals surface area (Å²) in [6.07, 6.45) is 1.01. The van der Waals surface area contributed by atoms with Crippen LogP contribution in [0, 0.1) is 0 Å². The van der Waals surface area contributed by atoms with Crippen LogP contribution in [-0.4, -0.2) is 34.0 Å². The number of rotatable bonds is 4. The first-order chi connectivity index (χ1) is 13.8. The Kier molecular flexibility index (Phi) is 3.97. The molecule has 0 saturated heterocycles. The summed E-state index contributed by atoms with van der Waals surface area (Å²) in [6, 6.07) is 19.6. The summed E-state index contributed by atoms with van der Waals surface area (Å²) in [5.41, 5.74) is 3.90. The molecule has 0 saturated carbocycles. The average Bonchev–Trinajstić information content (AvgIpc) is 3.42. The first kappa shape index (κ1) is 16.4. The molecule has 0 radical (unpaired) electrons. The molecule has 0 aliphatic carbocycles. The molecular weight excluding hydrogens is 354 g/mol. The Balaban J connectivity index is 1.39. The molecule has 0 unspecified atom stereocenters. The van der Waals surface area contributed by atoms with Gasteiger partial charge in [-0.15, -0.1) is 10.2 Å². The Morgan fingerprint density at radius 2 is 1.82 bits per heavy atom. The van der Waals surface area contributed by atoms with E-state index in [1.807, 2.05) is 42.5 Å². The maximum Gasteiger partial charge on any atom is 0.278 e. The van der Waals surface area contributed by atoms with Crippen LogP contribution in [0.25, 0.3) is 23.0 Å². The van der Waals surface area contributed by atoms with E-state index >= 15 is 0 Å². The van der Waals surface area contributed by atoms with E-state index in [0.29, 0.717) is 17.4 Å². The third-order valence-electron chi connectivity index (χ3n) is 4.81. The molecule has 5 rings (SSSR count). The Hall–Kier alpha value is -3.74. The summed E-state index contributed by atoms with van der Waals surface area (Å²) in [7, 11) is 1.63. The van der Waals surface area contributed by atoms with E-state index in [-0.39, 0.29) is 0 Å². The number of nitrogens with zero attached hydrogens (tertiary/aromatic N) is 5. The molecule has 0 amide bonds. The number of fused-ring (bicyclic) bond motifs is 1. The quantitative estimate of drug-likeness (QED) is 0.538. The van der Waals surface area contributed by atoms with Gasteiger partial charge in [-0.2, -0.15) is 4.98 Å². The smallest absolute Gasteiger partial charge is 0.278 e. The average molecular weight is 371 g/mol. The van der Waals surface area contributed by atoms with Gasteiger partial charge in [0, 0.05) is 17.8 Å². The number of anilines is 2. The van der Waals surface area contributed by atoms with Gasteiger partial charge < -0.3 is 14.2 Å². The minimum absolute atomic E-state index is 0.340. The zero-order chi connectivity index (χ0) is 18.9. The fourth-order valence-corrected chi connectivity index (χ4v) is 3.34. The van der Waals surface area contributed by atoms with E-state index in [4.69, 9.17) is 9.26 Å². The van der Waals surface area contributed by atoms with Crippen LogP contribution in [0.2, 0.25) is 0 Å². The largest absolute Gasteiger partial charge is 0.497 e. The standard InChI is InChI=1S/C21H17N5O2/c1-27-16-8-6-15(7-9-16)20-22-21(28-25-20)17-10-11-19(24-23-17)26-13-12-14-4-2-3-5-18(14)26/h2-11H,12-13H2,1H3. The Morgan fingerprint density at radius 1 is 0.964 bits per heavy atom. The molecule has 2 aromatic carbocycles. The summed E-state index contributed by atoms with van der Waals surface area (Å²) in [4.78, 5) is 6.60. The lowest BCUT2D eigenvalue weighted by Crippen LogP contribution is -2.15. The van der Waals surface area contributed by atoms with E-state index in [1.54, 1.807) is 7.11 Å². The van der Waals surface area contributed by atoms with E-state index in [1.165, 1.54) is 11.3 Å². The number of methoxy groups -OCH3 is 1. The third kappa shape index (κ3) is 2.87. The van der Waals surface area contributed by atoms with Crippen molar-refractivity contribution in [3.63, 3.8) is 0 Å². The van der Waals surface area contributed by atoms with Crippen molar-refractivity contribution in [3.05, 3.63) is 66.2 Å². The van der Waals surface area contributed by atoms with Crippen LogP contribution < -0.4 is 9.64 Å². The molecule has 7 nitrogen and oxygen atoms in total. The molecule has 3 heterocycles. The van der Waals surface area contributed by atoms with Gasteiger partial charge in [0.25, 0.3) is 5.89 Å². The van der Waals surface area contributed by atoms with E-state index in [2.05, 4.69) is 43.4 Å². The van der Waals surface area contributed by atoms with Crippen molar-refractivity contribution >= 4 is 11.5 Å². The van der Waals surface area contributed by atoms with Crippen LogP contribution in [0.15, 0.2) is 65.2 Å². The second-order valence-corrected chi connectivity index (χ2v) is 6.46. The van der Waals surface area contributed by atoms with Crippen molar-refractivity contribution in [2.75, 3.05) is 18.6 Å². The fraction of sp³-hybridized carbons (Fsp3) is 0.143. The van der Waals surface area contributed by atoms with Gasteiger partial charge in [0.2, 0.25) is 5.82 Å². The summed E-state index contributed by atoms with van der Waals surface area (Å²) in [5.74, 6) is 2.42. The van der Waals surface area contributed by atoms with Gasteiger partial charge in [0.15, 0.2) is 11.5 Å². The SMILES string of the molecule is COc1ccc(-c2noc(-c3ccc(N4CCc5ccccc54)nn3)n2)cc1. The molecule has 0 atom stereocenters. The van der Waals surface area contributed by atoms with E-state index in [0.717, 1.165) is 30.1 Å². The van der Waals surface area contributed by atoms with Gasteiger partial charge in [-0.05, 0) is 54.4 Å². The molecule has 0 N–H and O–H groups in total. The first-order valence-corrected chi connectivity index (χ1v) is 8.99. The second-order valence-electron chi connectivity index (χ2n) is 6.46. The Labute approximate surface area is 161 Å².